The summed E-state index contributed by atoms with van der Waals surface area (Å²) < 4.78 is 51.5. The first-order valence-corrected chi connectivity index (χ1v) is 7.99. The first-order chi connectivity index (χ1) is 10.2. The zero-order chi connectivity index (χ0) is 16.5. The largest absolute Gasteiger partial charge is 0.335 e. The topological polar surface area (TPSA) is 88.9 Å². The molecule has 8 heteroatoms. The standard InChI is InChI=1S/C14H13F2N3O2S/c1-19-10(8-17)2-3-14(19)11-7-12(15)9(6-13(11)16)4-5-22(18,20)21/h2-3,6-7H,4-5H2,1H3,(H2,18,20,21). The van der Waals surface area contributed by atoms with E-state index in [0.29, 0.717) is 11.4 Å². The predicted octanol–water partition coefficient (Wildman–Crippen LogP) is 1.67. The molecule has 0 spiro atoms. The summed E-state index contributed by atoms with van der Waals surface area (Å²) in [6.07, 6.45) is -0.210. The molecule has 2 rings (SSSR count). The van der Waals surface area contributed by atoms with Crippen LogP contribution in [0.4, 0.5) is 8.78 Å². The molecule has 5 nitrogen and oxygen atoms in total. The molecular formula is C14H13F2N3O2S. The highest BCUT2D eigenvalue weighted by molar-refractivity contribution is 7.89. The van der Waals surface area contributed by atoms with Crippen molar-refractivity contribution >= 4 is 10.0 Å². The lowest BCUT2D eigenvalue weighted by molar-refractivity contribution is 0.583. The summed E-state index contributed by atoms with van der Waals surface area (Å²) in [4.78, 5) is 0. The molecule has 1 aromatic heterocycles. The van der Waals surface area contributed by atoms with E-state index in [9.17, 15) is 17.2 Å². The van der Waals surface area contributed by atoms with Gasteiger partial charge in [0.15, 0.2) is 0 Å². The van der Waals surface area contributed by atoms with Crippen LogP contribution in [0.15, 0.2) is 24.3 Å². The SMILES string of the molecule is Cn1c(C#N)ccc1-c1cc(F)c(CCS(N)(=O)=O)cc1F. The second kappa shape index (κ2) is 5.87. The van der Waals surface area contributed by atoms with Crippen LogP contribution in [0.1, 0.15) is 11.3 Å². The summed E-state index contributed by atoms with van der Waals surface area (Å²) in [7, 11) is -2.18. The van der Waals surface area contributed by atoms with Gasteiger partial charge in [-0.2, -0.15) is 5.26 Å². The van der Waals surface area contributed by atoms with Crippen LogP contribution < -0.4 is 5.14 Å². The zero-order valence-electron chi connectivity index (χ0n) is 11.7. The van der Waals surface area contributed by atoms with E-state index >= 15 is 0 Å². The van der Waals surface area contributed by atoms with Crippen LogP contribution in [0.3, 0.4) is 0 Å². The monoisotopic (exact) mass is 325 g/mol. The van der Waals surface area contributed by atoms with Gasteiger partial charge in [-0.25, -0.2) is 22.3 Å². The molecule has 0 fully saturated rings. The van der Waals surface area contributed by atoms with E-state index in [4.69, 9.17) is 10.4 Å². The number of aryl methyl sites for hydroxylation is 1. The number of sulfonamides is 1. The van der Waals surface area contributed by atoms with Gasteiger partial charge >= 0.3 is 0 Å². The third-order valence-corrected chi connectivity index (χ3v) is 4.08. The molecule has 0 atom stereocenters. The molecule has 0 unspecified atom stereocenters. The van der Waals surface area contributed by atoms with Crippen molar-refractivity contribution in [1.82, 2.24) is 4.57 Å². The Hall–Kier alpha value is -2.24. The van der Waals surface area contributed by atoms with E-state index in [0.717, 1.165) is 12.1 Å². The van der Waals surface area contributed by atoms with Crippen molar-refractivity contribution in [3.8, 4) is 17.3 Å². The number of hydrogen-bond donors (Lipinski definition) is 1. The number of nitrogens with zero attached hydrogens (tertiary/aromatic N) is 2. The van der Waals surface area contributed by atoms with Gasteiger partial charge in [-0.3, -0.25) is 0 Å². The van der Waals surface area contributed by atoms with Crippen molar-refractivity contribution in [2.45, 2.75) is 6.42 Å². The third kappa shape index (κ3) is 3.32. The fourth-order valence-corrected chi connectivity index (χ4v) is 2.63. The lowest BCUT2D eigenvalue weighted by Crippen LogP contribution is -2.18. The van der Waals surface area contributed by atoms with Crippen LogP contribution in [0.25, 0.3) is 11.3 Å². The smallest absolute Gasteiger partial charge is 0.209 e. The lowest BCUT2D eigenvalue weighted by atomic mass is 10.1. The summed E-state index contributed by atoms with van der Waals surface area (Å²) in [5, 5.41) is 13.7. The normalized spacial score (nSPS) is 11.4. The molecule has 1 heterocycles. The Kier molecular flexibility index (Phi) is 4.30. The van der Waals surface area contributed by atoms with E-state index in [-0.39, 0.29) is 17.5 Å². The van der Waals surface area contributed by atoms with E-state index in [1.807, 2.05) is 6.07 Å². The van der Waals surface area contributed by atoms with Crippen LogP contribution in [-0.4, -0.2) is 18.7 Å². The molecule has 0 aliphatic heterocycles. The summed E-state index contributed by atoms with van der Waals surface area (Å²) in [5.41, 5.74) is 0.602. The maximum absolute atomic E-state index is 14.2. The summed E-state index contributed by atoms with van der Waals surface area (Å²) in [6, 6.07) is 6.89. The van der Waals surface area contributed by atoms with Crippen molar-refractivity contribution in [3.05, 3.63) is 47.2 Å². The Bertz CT molecular complexity index is 867. The molecule has 1 aromatic carbocycles. The highest BCUT2D eigenvalue weighted by Gasteiger charge is 2.16. The number of nitriles is 1. The molecule has 0 saturated carbocycles. The van der Waals surface area contributed by atoms with Gasteiger partial charge in [0.05, 0.1) is 11.4 Å². The van der Waals surface area contributed by atoms with Crippen LogP contribution in [0.2, 0.25) is 0 Å². The molecule has 2 N–H and O–H groups in total. The number of nitrogens with two attached hydrogens (primary N) is 1. The second-order valence-corrected chi connectivity index (χ2v) is 6.55. The van der Waals surface area contributed by atoms with Crippen molar-refractivity contribution in [1.29, 1.82) is 5.26 Å². The summed E-state index contributed by atoms with van der Waals surface area (Å²) in [5.74, 6) is -1.89. The van der Waals surface area contributed by atoms with Gasteiger partial charge in [0.2, 0.25) is 10.0 Å². The highest BCUT2D eigenvalue weighted by Crippen LogP contribution is 2.27. The van der Waals surface area contributed by atoms with E-state index in [1.54, 1.807) is 7.05 Å². The van der Waals surface area contributed by atoms with Gasteiger partial charge in [0.25, 0.3) is 0 Å². The van der Waals surface area contributed by atoms with Gasteiger partial charge < -0.3 is 4.57 Å². The Labute approximate surface area is 126 Å². The number of hydrogen-bond acceptors (Lipinski definition) is 3. The average molecular weight is 325 g/mol. The van der Waals surface area contributed by atoms with Gasteiger partial charge in [-0.1, -0.05) is 0 Å². The van der Waals surface area contributed by atoms with Crippen LogP contribution in [0, 0.1) is 23.0 Å². The molecule has 22 heavy (non-hydrogen) atoms. The summed E-state index contributed by atoms with van der Waals surface area (Å²) in [6.45, 7) is 0. The maximum atomic E-state index is 14.2. The quantitative estimate of drug-likeness (QED) is 0.927. The molecule has 0 saturated heterocycles. The second-order valence-electron chi connectivity index (χ2n) is 4.82. The van der Waals surface area contributed by atoms with Crippen molar-refractivity contribution in [2.75, 3.05) is 5.75 Å². The number of primary sulfonamides is 1. The number of halogens is 2. The predicted molar refractivity (Wildman–Crippen MR) is 77.2 cm³/mol. The Morgan fingerprint density at radius 2 is 1.95 bits per heavy atom. The maximum Gasteiger partial charge on any atom is 0.209 e. The van der Waals surface area contributed by atoms with Gasteiger partial charge in [0.1, 0.15) is 23.4 Å². The minimum Gasteiger partial charge on any atom is -0.335 e. The molecule has 2 aromatic rings. The molecule has 0 aliphatic rings. The zero-order valence-corrected chi connectivity index (χ0v) is 12.5. The first-order valence-electron chi connectivity index (χ1n) is 6.27. The minimum atomic E-state index is -3.75. The molecule has 0 radical (unpaired) electrons. The van der Waals surface area contributed by atoms with Gasteiger partial charge in [0, 0.05) is 12.6 Å². The third-order valence-electron chi connectivity index (χ3n) is 3.30. The first kappa shape index (κ1) is 16.1. The van der Waals surface area contributed by atoms with Gasteiger partial charge in [-0.05, 0) is 36.2 Å². The minimum absolute atomic E-state index is 0.000792. The Morgan fingerprint density at radius 3 is 2.50 bits per heavy atom. The van der Waals surface area contributed by atoms with E-state index in [2.05, 4.69) is 0 Å². The van der Waals surface area contributed by atoms with Crippen LogP contribution >= 0.6 is 0 Å². The van der Waals surface area contributed by atoms with Crippen molar-refractivity contribution in [3.63, 3.8) is 0 Å². The number of aromatic nitrogens is 1. The molecule has 0 amide bonds. The van der Waals surface area contributed by atoms with Crippen molar-refractivity contribution in [2.24, 2.45) is 12.2 Å². The lowest BCUT2D eigenvalue weighted by Gasteiger charge is -2.09. The molecular weight excluding hydrogens is 312 g/mol. The van der Waals surface area contributed by atoms with Gasteiger partial charge in [-0.15, -0.1) is 0 Å². The number of benzene rings is 1. The van der Waals surface area contributed by atoms with E-state index in [1.165, 1.54) is 16.7 Å². The fraction of sp³-hybridized carbons (Fsp3) is 0.214. The summed E-state index contributed by atoms with van der Waals surface area (Å²) >= 11 is 0. The average Bonchev–Trinajstić information content (AvgIpc) is 2.79. The Balaban J connectivity index is 2.42. The number of rotatable bonds is 4. The Morgan fingerprint density at radius 1 is 1.27 bits per heavy atom. The molecule has 0 bridgehead atoms. The van der Waals surface area contributed by atoms with Crippen LogP contribution in [-0.2, 0) is 23.5 Å². The van der Waals surface area contributed by atoms with Crippen LogP contribution in [0.5, 0.6) is 0 Å². The van der Waals surface area contributed by atoms with Crippen molar-refractivity contribution < 1.29 is 17.2 Å². The van der Waals surface area contributed by atoms with E-state index < -0.39 is 27.4 Å². The molecule has 0 aliphatic carbocycles. The fourth-order valence-electron chi connectivity index (χ4n) is 2.12. The highest BCUT2D eigenvalue weighted by atomic mass is 32.2. The molecule has 116 valence electrons.